The molecule has 0 bridgehead atoms. The van der Waals surface area contributed by atoms with Crippen LogP contribution in [0.2, 0.25) is 0 Å². The molecule has 5 nitrogen and oxygen atoms in total. The van der Waals surface area contributed by atoms with Crippen molar-refractivity contribution in [2.45, 2.75) is 25.2 Å². The van der Waals surface area contributed by atoms with Gasteiger partial charge in [0.15, 0.2) is 0 Å². The van der Waals surface area contributed by atoms with Gasteiger partial charge in [0.05, 0.1) is 11.0 Å². The van der Waals surface area contributed by atoms with Crippen LogP contribution in [0, 0.1) is 0 Å². The highest BCUT2D eigenvalue weighted by atomic mass is 16.1. The third kappa shape index (κ3) is 3.74. The van der Waals surface area contributed by atoms with Crippen molar-refractivity contribution < 1.29 is 4.79 Å². The molecule has 1 unspecified atom stereocenters. The van der Waals surface area contributed by atoms with E-state index in [9.17, 15) is 4.79 Å². The average Bonchev–Trinajstić information content (AvgIpc) is 3.34. The molecule has 0 spiro atoms. The highest BCUT2D eigenvalue weighted by Crippen LogP contribution is 2.25. The molecule has 1 atom stereocenters. The summed E-state index contributed by atoms with van der Waals surface area (Å²) >= 11 is 0. The van der Waals surface area contributed by atoms with Gasteiger partial charge >= 0.3 is 0 Å². The fraction of sp³-hybridized carbons (Fsp3) is 0.364. The second-order valence-corrected chi connectivity index (χ2v) is 7.21. The lowest BCUT2D eigenvalue weighted by molar-refractivity contribution is 0.0952. The van der Waals surface area contributed by atoms with E-state index in [-0.39, 0.29) is 5.91 Å². The minimum Gasteiger partial charge on any atom is -0.352 e. The molecule has 2 N–H and O–H groups in total. The van der Waals surface area contributed by atoms with Crippen LogP contribution in [-0.4, -0.2) is 35.1 Å². The van der Waals surface area contributed by atoms with Gasteiger partial charge in [-0.15, -0.1) is 0 Å². The molecule has 1 saturated heterocycles. The number of imidazole rings is 1. The van der Waals surface area contributed by atoms with Gasteiger partial charge in [0, 0.05) is 32.1 Å². The van der Waals surface area contributed by atoms with E-state index in [2.05, 4.69) is 34.4 Å². The van der Waals surface area contributed by atoms with Gasteiger partial charge in [0.25, 0.3) is 5.91 Å². The number of aryl methyl sites for hydroxylation is 2. The fourth-order valence-electron chi connectivity index (χ4n) is 3.94. The Morgan fingerprint density at radius 2 is 2.04 bits per heavy atom. The molecule has 3 aromatic rings. The summed E-state index contributed by atoms with van der Waals surface area (Å²) in [6.07, 6.45) is 2.81. The molecule has 4 rings (SSSR count). The molecule has 0 radical (unpaired) electrons. The largest absolute Gasteiger partial charge is 0.352 e. The number of hydrogen-bond donors (Lipinski definition) is 2. The van der Waals surface area contributed by atoms with Crippen molar-refractivity contribution in [1.82, 2.24) is 20.2 Å². The maximum absolute atomic E-state index is 12.7. The number of nitrogens with one attached hydrogen (secondary N) is 2. The smallest absolute Gasteiger partial charge is 0.251 e. The monoisotopic (exact) mass is 362 g/mol. The van der Waals surface area contributed by atoms with Crippen LogP contribution in [0.4, 0.5) is 0 Å². The lowest BCUT2D eigenvalue weighted by atomic mass is 9.93. The van der Waals surface area contributed by atoms with Crippen LogP contribution < -0.4 is 10.6 Å². The summed E-state index contributed by atoms with van der Waals surface area (Å²) in [5.74, 6) is 1.53. The number of fused-ring (bicyclic) bond motifs is 1. The Kier molecular flexibility index (Phi) is 5.21. The summed E-state index contributed by atoms with van der Waals surface area (Å²) in [7, 11) is 2.05. The Morgan fingerprint density at radius 3 is 2.85 bits per heavy atom. The number of hydrogen-bond acceptors (Lipinski definition) is 3. The average molecular weight is 362 g/mol. The molecule has 5 heteroatoms. The maximum atomic E-state index is 12.7. The normalized spacial score (nSPS) is 16.7. The van der Waals surface area contributed by atoms with Crippen LogP contribution in [0.15, 0.2) is 48.5 Å². The van der Waals surface area contributed by atoms with E-state index < -0.39 is 0 Å². The molecule has 27 heavy (non-hydrogen) atoms. The van der Waals surface area contributed by atoms with Gasteiger partial charge in [0.2, 0.25) is 0 Å². The number of rotatable bonds is 6. The van der Waals surface area contributed by atoms with E-state index in [1.54, 1.807) is 0 Å². The predicted molar refractivity (Wildman–Crippen MR) is 108 cm³/mol. The molecular weight excluding hydrogens is 336 g/mol. The quantitative estimate of drug-likeness (QED) is 0.663. The van der Waals surface area contributed by atoms with Gasteiger partial charge in [-0.1, -0.05) is 30.3 Å². The topological polar surface area (TPSA) is 59.0 Å². The Hall–Kier alpha value is -2.66. The number of aromatic nitrogens is 2. The molecule has 0 saturated carbocycles. The van der Waals surface area contributed by atoms with Gasteiger partial charge in [-0.2, -0.15) is 0 Å². The SMILES string of the molecule is Cn1c(CCCNC(=O)c2ccccc2C2CCNC2)nc2ccccc21. The first kappa shape index (κ1) is 17.7. The van der Waals surface area contributed by atoms with Gasteiger partial charge in [-0.05, 0) is 49.1 Å². The van der Waals surface area contributed by atoms with Crippen molar-refractivity contribution in [2.75, 3.05) is 19.6 Å². The summed E-state index contributed by atoms with van der Waals surface area (Å²) < 4.78 is 2.14. The van der Waals surface area contributed by atoms with Gasteiger partial charge in [0.1, 0.15) is 5.82 Å². The van der Waals surface area contributed by atoms with E-state index in [0.29, 0.717) is 12.5 Å². The lowest BCUT2D eigenvalue weighted by Gasteiger charge is -2.14. The number of para-hydroxylation sites is 2. The Bertz CT molecular complexity index is 940. The van der Waals surface area contributed by atoms with Crippen molar-refractivity contribution in [3.05, 3.63) is 65.5 Å². The third-order valence-corrected chi connectivity index (χ3v) is 5.45. The molecular formula is C22H26N4O. The molecule has 1 aromatic heterocycles. The molecule has 0 aliphatic carbocycles. The zero-order valence-corrected chi connectivity index (χ0v) is 15.7. The number of amides is 1. The molecule has 2 heterocycles. The predicted octanol–water partition coefficient (Wildman–Crippen LogP) is 3.01. The van der Waals surface area contributed by atoms with Crippen LogP contribution in [0.5, 0.6) is 0 Å². The molecule has 1 fully saturated rings. The van der Waals surface area contributed by atoms with Gasteiger partial charge < -0.3 is 15.2 Å². The number of benzene rings is 2. The number of carbonyl (C=O) groups excluding carboxylic acids is 1. The Balaban J connectivity index is 1.35. The van der Waals surface area contributed by atoms with E-state index >= 15 is 0 Å². The molecule has 1 aliphatic rings. The second-order valence-electron chi connectivity index (χ2n) is 7.21. The van der Waals surface area contributed by atoms with E-state index in [1.807, 2.05) is 36.4 Å². The Labute approximate surface area is 159 Å². The Morgan fingerprint density at radius 1 is 1.22 bits per heavy atom. The highest BCUT2D eigenvalue weighted by molar-refractivity contribution is 5.95. The van der Waals surface area contributed by atoms with Crippen molar-refractivity contribution >= 4 is 16.9 Å². The number of nitrogens with zero attached hydrogens (tertiary/aromatic N) is 2. The fourth-order valence-corrected chi connectivity index (χ4v) is 3.94. The molecule has 1 amide bonds. The maximum Gasteiger partial charge on any atom is 0.251 e. The van der Waals surface area contributed by atoms with Crippen LogP contribution in [0.1, 0.15) is 40.5 Å². The second kappa shape index (κ2) is 7.92. The van der Waals surface area contributed by atoms with E-state index in [1.165, 1.54) is 0 Å². The summed E-state index contributed by atoms with van der Waals surface area (Å²) in [5.41, 5.74) is 4.15. The summed E-state index contributed by atoms with van der Waals surface area (Å²) in [6, 6.07) is 16.2. The number of carbonyl (C=O) groups is 1. The molecule has 140 valence electrons. The molecule has 2 aromatic carbocycles. The van der Waals surface area contributed by atoms with E-state index in [4.69, 9.17) is 4.98 Å². The van der Waals surface area contributed by atoms with Gasteiger partial charge in [-0.3, -0.25) is 4.79 Å². The van der Waals surface area contributed by atoms with Crippen LogP contribution in [-0.2, 0) is 13.5 Å². The minimum atomic E-state index is 0.0301. The lowest BCUT2D eigenvalue weighted by Crippen LogP contribution is -2.26. The first-order chi connectivity index (χ1) is 13.2. The standard InChI is InChI=1S/C22H26N4O/c1-26-20-10-5-4-9-19(20)25-21(26)11-6-13-24-22(27)18-8-3-2-7-17(18)16-12-14-23-15-16/h2-5,7-10,16,23H,6,11-15H2,1H3,(H,24,27). The van der Waals surface area contributed by atoms with Gasteiger partial charge in [-0.25, -0.2) is 4.98 Å². The summed E-state index contributed by atoms with van der Waals surface area (Å²) in [4.78, 5) is 17.4. The zero-order valence-electron chi connectivity index (χ0n) is 15.7. The third-order valence-electron chi connectivity index (χ3n) is 5.45. The van der Waals surface area contributed by atoms with Crippen LogP contribution >= 0.6 is 0 Å². The van der Waals surface area contributed by atoms with Crippen molar-refractivity contribution in [1.29, 1.82) is 0 Å². The first-order valence-electron chi connectivity index (χ1n) is 9.72. The van der Waals surface area contributed by atoms with Crippen molar-refractivity contribution in [3.8, 4) is 0 Å². The molecule has 1 aliphatic heterocycles. The summed E-state index contributed by atoms with van der Waals surface area (Å²) in [6.45, 7) is 2.63. The van der Waals surface area contributed by atoms with Crippen LogP contribution in [0.3, 0.4) is 0 Å². The summed E-state index contributed by atoms with van der Waals surface area (Å²) in [5, 5.41) is 6.47. The van der Waals surface area contributed by atoms with Crippen molar-refractivity contribution in [3.63, 3.8) is 0 Å². The first-order valence-corrected chi connectivity index (χ1v) is 9.72. The van der Waals surface area contributed by atoms with Crippen LogP contribution in [0.25, 0.3) is 11.0 Å². The zero-order chi connectivity index (χ0) is 18.6. The van der Waals surface area contributed by atoms with Crippen molar-refractivity contribution in [2.24, 2.45) is 7.05 Å². The highest BCUT2D eigenvalue weighted by Gasteiger charge is 2.21. The van der Waals surface area contributed by atoms with E-state index in [0.717, 1.165) is 60.3 Å². The minimum absolute atomic E-state index is 0.0301.